The van der Waals surface area contributed by atoms with Crippen molar-refractivity contribution in [3.8, 4) is 11.3 Å². The largest absolute Gasteiger partial charge is 0.478 e. The van der Waals surface area contributed by atoms with Gasteiger partial charge in [-0.25, -0.2) is 9.59 Å². The number of aromatic amines is 1. The van der Waals surface area contributed by atoms with Crippen molar-refractivity contribution >= 4 is 34.3 Å². The summed E-state index contributed by atoms with van der Waals surface area (Å²) in [5, 5.41) is 15.7. The number of urea groups is 1. The average molecular weight is 371 g/mol. The van der Waals surface area contributed by atoms with Gasteiger partial charge in [0.2, 0.25) is 0 Å². The zero-order valence-corrected chi connectivity index (χ0v) is 14.8. The molecule has 138 valence electrons. The van der Waals surface area contributed by atoms with Crippen LogP contribution in [0.2, 0.25) is 0 Å². The van der Waals surface area contributed by atoms with Crippen molar-refractivity contribution in [2.45, 2.75) is 0 Å². The van der Waals surface area contributed by atoms with Crippen molar-refractivity contribution in [3.05, 3.63) is 84.4 Å². The van der Waals surface area contributed by atoms with Crippen LogP contribution in [0, 0.1) is 0 Å². The maximum Gasteiger partial charge on any atom is 0.335 e. The summed E-state index contributed by atoms with van der Waals surface area (Å²) < 4.78 is 0. The van der Waals surface area contributed by atoms with Crippen molar-refractivity contribution in [2.75, 3.05) is 10.6 Å². The lowest BCUT2D eigenvalue weighted by Gasteiger charge is -2.11. The second-order valence-corrected chi connectivity index (χ2v) is 6.28. The molecule has 0 saturated heterocycles. The molecule has 0 atom stereocenters. The lowest BCUT2D eigenvalue weighted by Crippen LogP contribution is -2.20. The zero-order valence-electron chi connectivity index (χ0n) is 14.8. The van der Waals surface area contributed by atoms with Crippen LogP contribution >= 0.6 is 0 Å². The smallest absolute Gasteiger partial charge is 0.335 e. The first kappa shape index (κ1) is 17.4. The van der Waals surface area contributed by atoms with Gasteiger partial charge in [0.15, 0.2) is 0 Å². The van der Waals surface area contributed by atoms with Crippen LogP contribution in [-0.2, 0) is 0 Å². The number of H-pyrrole nitrogens is 1. The number of nitrogens with one attached hydrogen (secondary N) is 3. The number of carboxylic acids is 1. The van der Waals surface area contributed by atoms with Crippen molar-refractivity contribution < 1.29 is 14.7 Å². The van der Waals surface area contributed by atoms with E-state index in [-0.39, 0.29) is 5.56 Å². The molecule has 1 aromatic heterocycles. The molecule has 4 N–H and O–H groups in total. The fourth-order valence-corrected chi connectivity index (χ4v) is 3.06. The van der Waals surface area contributed by atoms with Crippen molar-refractivity contribution in [1.82, 2.24) is 4.98 Å². The predicted octanol–water partition coefficient (Wildman–Crippen LogP) is 5.18. The summed E-state index contributed by atoms with van der Waals surface area (Å²) in [6.07, 6.45) is 0. The highest BCUT2D eigenvalue weighted by molar-refractivity contribution is 6.03. The van der Waals surface area contributed by atoms with Crippen LogP contribution in [0.3, 0.4) is 0 Å². The van der Waals surface area contributed by atoms with Gasteiger partial charge in [0.25, 0.3) is 0 Å². The Hall–Kier alpha value is -4.06. The maximum absolute atomic E-state index is 12.4. The molecule has 3 aromatic carbocycles. The molecule has 0 aliphatic heterocycles. The molecule has 0 spiro atoms. The first-order valence-electron chi connectivity index (χ1n) is 8.69. The minimum atomic E-state index is -1.05. The van der Waals surface area contributed by atoms with Gasteiger partial charge in [-0.1, -0.05) is 42.5 Å². The van der Waals surface area contributed by atoms with E-state index in [1.807, 2.05) is 54.6 Å². The standard InChI is InChI=1S/C22H17N3O3/c26-21(27)15-7-5-8-16(12-15)23-22(28)25-19-11-4-2-9-17(19)20-13-14-6-1-3-10-18(14)24-20/h1-13,24H,(H,26,27)(H2,23,25,28). The molecule has 0 radical (unpaired) electrons. The molecule has 0 fully saturated rings. The number of carbonyl (C=O) groups excluding carboxylic acids is 1. The van der Waals surface area contributed by atoms with Crippen molar-refractivity contribution in [2.24, 2.45) is 0 Å². The lowest BCUT2D eigenvalue weighted by molar-refractivity contribution is 0.0697. The van der Waals surface area contributed by atoms with Gasteiger partial charge in [-0.2, -0.15) is 0 Å². The van der Waals surface area contributed by atoms with E-state index in [2.05, 4.69) is 15.6 Å². The lowest BCUT2D eigenvalue weighted by atomic mass is 10.1. The van der Waals surface area contributed by atoms with Crippen LogP contribution in [-0.4, -0.2) is 22.1 Å². The molecule has 0 unspecified atom stereocenters. The number of anilines is 2. The summed E-state index contributed by atoms with van der Waals surface area (Å²) in [5.74, 6) is -1.05. The van der Waals surface area contributed by atoms with Gasteiger partial charge in [-0.15, -0.1) is 0 Å². The van der Waals surface area contributed by atoms with E-state index in [1.54, 1.807) is 12.1 Å². The molecule has 0 aliphatic rings. The summed E-state index contributed by atoms with van der Waals surface area (Å²) in [7, 11) is 0. The monoisotopic (exact) mass is 371 g/mol. The fourth-order valence-electron chi connectivity index (χ4n) is 3.06. The van der Waals surface area contributed by atoms with E-state index in [1.165, 1.54) is 12.1 Å². The third-order valence-electron chi connectivity index (χ3n) is 4.36. The summed E-state index contributed by atoms with van der Waals surface area (Å²) in [6.45, 7) is 0. The Morgan fingerprint density at radius 3 is 2.43 bits per heavy atom. The van der Waals surface area contributed by atoms with Gasteiger partial charge in [-0.3, -0.25) is 0 Å². The normalized spacial score (nSPS) is 10.6. The van der Waals surface area contributed by atoms with Crippen LogP contribution in [0.4, 0.5) is 16.2 Å². The third-order valence-corrected chi connectivity index (χ3v) is 4.36. The van der Waals surface area contributed by atoms with Crippen LogP contribution in [0.15, 0.2) is 78.9 Å². The average Bonchev–Trinajstić information content (AvgIpc) is 3.12. The molecule has 2 amide bonds. The number of carbonyl (C=O) groups is 2. The predicted molar refractivity (Wildman–Crippen MR) is 110 cm³/mol. The number of hydrogen-bond donors (Lipinski definition) is 4. The summed E-state index contributed by atoms with van der Waals surface area (Å²) in [5.41, 5.74) is 3.91. The van der Waals surface area contributed by atoms with Crippen LogP contribution in [0.5, 0.6) is 0 Å². The summed E-state index contributed by atoms with van der Waals surface area (Å²) >= 11 is 0. The number of carboxylic acid groups (broad SMARTS) is 1. The SMILES string of the molecule is O=C(Nc1cccc(C(=O)O)c1)Nc1ccccc1-c1cc2ccccc2[nH]1. The van der Waals surface area contributed by atoms with E-state index in [9.17, 15) is 9.59 Å². The summed E-state index contributed by atoms with van der Waals surface area (Å²) in [6, 6.07) is 23.1. The molecule has 6 nitrogen and oxygen atoms in total. The highest BCUT2D eigenvalue weighted by Gasteiger charge is 2.11. The fraction of sp³-hybridized carbons (Fsp3) is 0. The Labute approximate surface area is 160 Å². The highest BCUT2D eigenvalue weighted by atomic mass is 16.4. The number of fused-ring (bicyclic) bond motifs is 1. The Morgan fingerprint density at radius 1 is 0.821 bits per heavy atom. The van der Waals surface area contributed by atoms with E-state index in [0.29, 0.717) is 11.4 Å². The van der Waals surface area contributed by atoms with E-state index >= 15 is 0 Å². The molecule has 28 heavy (non-hydrogen) atoms. The number of rotatable bonds is 4. The Morgan fingerprint density at radius 2 is 1.61 bits per heavy atom. The van der Waals surface area contributed by atoms with Gasteiger partial charge < -0.3 is 20.7 Å². The van der Waals surface area contributed by atoms with Gasteiger partial charge in [0.1, 0.15) is 0 Å². The Balaban J connectivity index is 1.58. The first-order valence-corrected chi connectivity index (χ1v) is 8.69. The molecule has 0 aliphatic carbocycles. The maximum atomic E-state index is 12.4. The minimum absolute atomic E-state index is 0.108. The van der Waals surface area contributed by atoms with E-state index in [4.69, 9.17) is 5.11 Å². The van der Waals surface area contributed by atoms with Gasteiger partial charge in [0.05, 0.1) is 11.3 Å². The van der Waals surface area contributed by atoms with Crippen molar-refractivity contribution in [1.29, 1.82) is 0 Å². The van der Waals surface area contributed by atoms with Crippen LogP contribution in [0.25, 0.3) is 22.2 Å². The Kier molecular flexibility index (Phi) is 4.51. The molecule has 4 aromatic rings. The van der Waals surface area contributed by atoms with Crippen LogP contribution < -0.4 is 10.6 Å². The number of aromatic carboxylic acids is 1. The minimum Gasteiger partial charge on any atom is -0.478 e. The number of aromatic nitrogens is 1. The van der Waals surface area contributed by atoms with Gasteiger partial charge in [-0.05, 0) is 36.4 Å². The van der Waals surface area contributed by atoms with Crippen LogP contribution in [0.1, 0.15) is 10.4 Å². The highest BCUT2D eigenvalue weighted by Crippen LogP contribution is 2.30. The van der Waals surface area contributed by atoms with E-state index in [0.717, 1.165) is 22.2 Å². The second-order valence-electron chi connectivity index (χ2n) is 6.28. The number of hydrogen-bond acceptors (Lipinski definition) is 2. The molecule has 4 rings (SSSR count). The van der Waals surface area contributed by atoms with E-state index < -0.39 is 12.0 Å². The van der Waals surface area contributed by atoms with Gasteiger partial charge >= 0.3 is 12.0 Å². The zero-order chi connectivity index (χ0) is 19.5. The van der Waals surface area contributed by atoms with Gasteiger partial charge in [0, 0.05) is 27.8 Å². The molecule has 1 heterocycles. The quantitative estimate of drug-likeness (QED) is 0.398. The molecule has 0 saturated carbocycles. The third kappa shape index (κ3) is 3.57. The topological polar surface area (TPSA) is 94.2 Å². The number of para-hydroxylation sites is 2. The second kappa shape index (κ2) is 7.28. The molecule has 0 bridgehead atoms. The first-order chi connectivity index (χ1) is 13.6. The summed E-state index contributed by atoms with van der Waals surface area (Å²) in [4.78, 5) is 26.9. The molecular formula is C22H17N3O3. The van der Waals surface area contributed by atoms with Crippen molar-refractivity contribution in [3.63, 3.8) is 0 Å². The molecular weight excluding hydrogens is 354 g/mol. The number of benzene rings is 3. The number of amides is 2. The molecule has 6 heteroatoms. The Bertz CT molecular complexity index is 1150.